The van der Waals surface area contributed by atoms with E-state index in [-0.39, 0.29) is 38.1 Å². The van der Waals surface area contributed by atoms with Gasteiger partial charge in [-0.05, 0) is 84.0 Å². The first-order valence-electron chi connectivity index (χ1n) is 21.5. The van der Waals surface area contributed by atoms with E-state index in [2.05, 4.69) is 162 Å². The Kier molecular flexibility index (Phi) is 20.5. The van der Waals surface area contributed by atoms with Crippen LogP contribution in [-0.2, 0) is 52.0 Å². The number of fused-ring (bicyclic) bond motifs is 6. The maximum atomic E-state index is 5.19. The fourth-order valence-electron chi connectivity index (χ4n) is 7.66. The third kappa shape index (κ3) is 12.7. The Bertz CT molecular complexity index is 2630. The Morgan fingerprint density at radius 1 is 0.438 bits per heavy atom. The van der Waals surface area contributed by atoms with Crippen molar-refractivity contribution in [2.24, 2.45) is 21.8 Å². The van der Waals surface area contributed by atoms with Crippen molar-refractivity contribution in [3.8, 4) is 0 Å². The van der Waals surface area contributed by atoms with Crippen LogP contribution in [0.3, 0.4) is 0 Å². The van der Waals surface area contributed by atoms with Gasteiger partial charge in [-0.25, -0.2) is 9.97 Å². The third-order valence-corrected chi connectivity index (χ3v) is 10.9. The Balaban J connectivity index is 0.000000215. The average Bonchev–Trinajstić information content (AvgIpc) is 3.32. The normalized spacial score (nSPS) is 11.8. The van der Waals surface area contributed by atoms with Crippen LogP contribution in [0.25, 0.3) is 43.6 Å². The Labute approximate surface area is 408 Å². The maximum absolute atomic E-state index is 5.19. The molecule has 0 spiro atoms. The summed E-state index contributed by atoms with van der Waals surface area (Å²) < 4.78 is 0. The first kappa shape index (κ1) is 51.0. The first-order valence-corrected chi connectivity index (χ1v) is 27.5. The molecule has 4 aromatic carbocycles. The molecule has 8 aromatic rings. The van der Waals surface area contributed by atoms with Gasteiger partial charge in [-0.1, -0.05) is 140 Å². The summed E-state index contributed by atoms with van der Waals surface area (Å²) in [5.74, 6) is 0.523. The molecule has 0 unspecified atom stereocenters. The molecule has 0 saturated heterocycles. The van der Waals surface area contributed by atoms with E-state index in [9.17, 15) is 0 Å². The molecule has 0 N–H and O–H groups in total. The summed E-state index contributed by atoms with van der Waals surface area (Å²) in [4.78, 5) is 29.6. The summed E-state index contributed by atoms with van der Waals surface area (Å²) in [5, 5.41) is 4.42. The van der Waals surface area contributed by atoms with Crippen LogP contribution in [0.2, 0.25) is 0 Å². The van der Waals surface area contributed by atoms with Gasteiger partial charge in [-0.2, -0.15) is 0 Å². The van der Waals surface area contributed by atoms with Crippen molar-refractivity contribution in [1.29, 1.82) is 0 Å². The van der Waals surface area contributed by atoms with Crippen molar-refractivity contribution in [2.75, 3.05) is 0 Å². The minimum atomic E-state index is 0.194. The van der Waals surface area contributed by atoms with Gasteiger partial charge in [0.15, 0.2) is 0 Å². The number of halogens is 4. The summed E-state index contributed by atoms with van der Waals surface area (Å²) in [6, 6.07) is 38.0. The van der Waals surface area contributed by atoms with Crippen LogP contribution in [0, 0.1) is 11.8 Å². The van der Waals surface area contributed by atoms with Crippen LogP contribution < -0.4 is 0 Å². The topological polar surface area (TPSA) is 76.3 Å². The first-order chi connectivity index (χ1) is 31.1. The number of para-hydroxylation sites is 2. The number of benzene rings is 4. The van der Waals surface area contributed by atoms with E-state index >= 15 is 0 Å². The molecule has 4 aromatic heterocycles. The van der Waals surface area contributed by atoms with Crippen LogP contribution >= 0.6 is 40.4 Å². The molecule has 0 aliphatic heterocycles. The van der Waals surface area contributed by atoms with Gasteiger partial charge in [0.25, 0.3) is 0 Å². The predicted octanol–water partition coefficient (Wildman–Crippen LogP) is 16.1. The fraction of sp³-hybridized carbons (Fsp3) is 0.269. The number of hydrogen-bond donors (Lipinski definition) is 0. The average molecular weight is 1020 g/mol. The van der Waals surface area contributed by atoms with E-state index in [0.717, 1.165) is 103 Å². The molecule has 12 heteroatoms. The monoisotopic (exact) mass is 1010 g/mol. The fourth-order valence-corrected chi connectivity index (χ4v) is 7.66. The molecule has 0 fully saturated rings. The van der Waals surface area contributed by atoms with Gasteiger partial charge in [-0.3, -0.25) is 20.0 Å². The van der Waals surface area contributed by atoms with Crippen molar-refractivity contribution in [3.05, 3.63) is 155 Å². The molecule has 0 bridgehead atoms. The number of aromatic nitrogens is 4. The Morgan fingerprint density at radius 3 is 1.03 bits per heavy atom. The standard InChI is InChI=1S/2C26H27N3.4ClH.2Fe/c2*1-5-18-9-7-10-19(6-2)24(18)29-23(17(3)4)22-15-14-21-13-12-20-11-8-16-27-25(20)26(21)28-22;;;;;;/h2*7-17H,5-6H2,1-4H3;4*1H;;/q;;;;;;2*+2/p-4. The van der Waals surface area contributed by atoms with Gasteiger partial charge < -0.3 is 0 Å². The second kappa shape index (κ2) is 25.7. The molecule has 0 amide bonds. The number of hydrogen-bond acceptors (Lipinski definition) is 6. The second-order valence-corrected chi connectivity index (χ2v) is 19.1. The molecule has 6 nitrogen and oxygen atoms in total. The molecule has 64 heavy (non-hydrogen) atoms. The van der Waals surface area contributed by atoms with Crippen molar-refractivity contribution in [1.82, 2.24) is 19.9 Å². The van der Waals surface area contributed by atoms with Gasteiger partial charge in [0, 0.05) is 33.9 Å². The van der Waals surface area contributed by atoms with E-state index in [1.54, 1.807) is 0 Å². The van der Waals surface area contributed by atoms with Gasteiger partial charge in [0.1, 0.15) is 0 Å². The van der Waals surface area contributed by atoms with E-state index in [1.165, 1.54) is 22.3 Å². The third-order valence-electron chi connectivity index (χ3n) is 10.9. The Hall–Kier alpha value is -3.94. The summed E-state index contributed by atoms with van der Waals surface area (Å²) in [6.07, 6.45) is 7.54. The van der Waals surface area contributed by atoms with Gasteiger partial charge in [-0.15, -0.1) is 0 Å². The zero-order valence-corrected chi connectivity index (χ0v) is 42.7. The molecule has 0 aliphatic carbocycles. The van der Waals surface area contributed by atoms with Crippen LogP contribution in [-0.4, -0.2) is 31.4 Å². The van der Waals surface area contributed by atoms with E-state index in [0.29, 0.717) is 0 Å². The molecule has 0 saturated carbocycles. The van der Waals surface area contributed by atoms with Crippen LogP contribution in [0.15, 0.2) is 132 Å². The van der Waals surface area contributed by atoms with Crippen molar-refractivity contribution >= 4 is 107 Å². The number of aliphatic imine (C=N–C) groups is 2. The number of pyridine rings is 4. The van der Waals surface area contributed by atoms with E-state index in [4.69, 9.17) is 60.3 Å². The van der Waals surface area contributed by atoms with Crippen LogP contribution in [0.1, 0.15) is 89.0 Å². The quantitative estimate of drug-likeness (QED) is 0.0777. The number of nitrogens with zero attached hydrogens (tertiary/aromatic N) is 6. The summed E-state index contributed by atoms with van der Waals surface area (Å²) >= 11 is 0.389. The van der Waals surface area contributed by atoms with E-state index < -0.39 is 0 Å². The summed E-state index contributed by atoms with van der Waals surface area (Å²) in [5.41, 5.74) is 15.0. The van der Waals surface area contributed by atoms with Crippen molar-refractivity contribution < 1.29 is 26.3 Å². The van der Waals surface area contributed by atoms with Crippen LogP contribution in [0.4, 0.5) is 11.4 Å². The van der Waals surface area contributed by atoms with Crippen molar-refractivity contribution in [3.63, 3.8) is 0 Å². The number of rotatable bonds is 10. The molecular weight excluding hydrogens is 962 g/mol. The summed E-state index contributed by atoms with van der Waals surface area (Å²) in [6.45, 7) is 17.5. The molecule has 8 rings (SSSR count). The molecular formula is C52H54Cl4Fe2N6. The molecule has 4 heterocycles. The second-order valence-electron chi connectivity index (χ2n) is 15.5. The SMILES string of the molecule is CCc1cccc(CC)c1N=C(c1ccc2ccc3cccnc3c2n1)C(C)C.CCc1cccc(CC)c1N=C(c1ccc2ccc3cccnc3c2n1)C(C)C.[Cl][Fe][Cl].[Cl][Fe][Cl]. The minimum absolute atomic E-state index is 0.194. The number of aryl methyl sites for hydroxylation is 4. The van der Waals surface area contributed by atoms with E-state index in [1.807, 2.05) is 24.5 Å². The molecule has 0 radical (unpaired) electrons. The summed E-state index contributed by atoms with van der Waals surface area (Å²) in [7, 11) is 19.1. The van der Waals surface area contributed by atoms with Crippen LogP contribution in [0.5, 0.6) is 0 Å². The van der Waals surface area contributed by atoms with Gasteiger partial charge in [0.05, 0.1) is 56.3 Å². The van der Waals surface area contributed by atoms with Gasteiger partial charge >= 0.3 is 66.7 Å². The van der Waals surface area contributed by atoms with Crippen molar-refractivity contribution in [2.45, 2.75) is 81.1 Å². The molecule has 0 atom stereocenters. The molecule has 336 valence electrons. The Morgan fingerprint density at radius 2 is 0.734 bits per heavy atom. The van der Waals surface area contributed by atoms with Gasteiger partial charge in [0.2, 0.25) is 0 Å². The zero-order valence-electron chi connectivity index (χ0n) is 37.4. The molecule has 0 aliphatic rings. The predicted molar refractivity (Wildman–Crippen MR) is 270 cm³/mol. The zero-order chi connectivity index (χ0) is 46.2.